The van der Waals surface area contributed by atoms with Crippen molar-refractivity contribution in [3.8, 4) is 27.9 Å². The standard InChI is InChI=1S/C23H17ClFN9O2/c1-31-20(35)7-14(8-27-31)16-9-28-32(10-16)19-4-2-13-6-15(11-34(36)23(13)19)21-18(33-12-26-29-30-33)5-3-17(24)22(21)25/h3,5-12,19H,2,4H2,1H3. The van der Waals surface area contributed by atoms with Crippen molar-refractivity contribution in [1.82, 2.24) is 39.8 Å². The molecule has 11 nitrogen and oxygen atoms in total. The second-order valence-electron chi connectivity index (χ2n) is 8.44. The summed E-state index contributed by atoms with van der Waals surface area (Å²) in [6.45, 7) is 0. The Morgan fingerprint density at radius 2 is 2.00 bits per heavy atom. The molecule has 1 atom stereocenters. The van der Waals surface area contributed by atoms with Crippen LogP contribution in [-0.2, 0) is 13.5 Å². The van der Waals surface area contributed by atoms with Crippen molar-refractivity contribution < 1.29 is 9.12 Å². The van der Waals surface area contributed by atoms with E-state index in [4.69, 9.17) is 11.6 Å². The number of halogens is 2. The van der Waals surface area contributed by atoms with Crippen LogP contribution in [0.3, 0.4) is 0 Å². The summed E-state index contributed by atoms with van der Waals surface area (Å²) >= 11 is 6.07. The molecule has 0 fully saturated rings. The number of aryl methyl sites for hydroxylation is 2. The van der Waals surface area contributed by atoms with E-state index in [1.54, 1.807) is 42.5 Å². The van der Waals surface area contributed by atoms with E-state index in [0.717, 1.165) is 15.9 Å². The molecule has 0 amide bonds. The molecule has 0 saturated heterocycles. The SMILES string of the molecule is Cn1ncc(-c2cnn(C3CCc4cc(-c5c(-n6cnnn6)ccc(Cl)c5F)c[n+]([O-])c43)c2)cc1=O. The van der Waals surface area contributed by atoms with Crippen molar-refractivity contribution in [1.29, 1.82) is 0 Å². The fourth-order valence-corrected chi connectivity index (χ4v) is 4.74. The molecule has 0 saturated carbocycles. The van der Waals surface area contributed by atoms with E-state index >= 15 is 4.39 Å². The summed E-state index contributed by atoms with van der Waals surface area (Å²) in [6.07, 6.45) is 8.92. The van der Waals surface area contributed by atoms with E-state index < -0.39 is 5.82 Å². The molecule has 1 aliphatic carbocycles. The number of rotatable bonds is 4. The van der Waals surface area contributed by atoms with Gasteiger partial charge in [-0.15, -0.1) is 5.10 Å². The van der Waals surface area contributed by atoms with E-state index in [0.29, 0.717) is 35.3 Å². The predicted molar refractivity (Wildman–Crippen MR) is 126 cm³/mol. The van der Waals surface area contributed by atoms with E-state index in [2.05, 4.69) is 25.7 Å². The number of tetrazole rings is 1. The zero-order chi connectivity index (χ0) is 25.0. The van der Waals surface area contributed by atoms with Gasteiger partial charge >= 0.3 is 0 Å². The van der Waals surface area contributed by atoms with Gasteiger partial charge in [-0.05, 0) is 41.5 Å². The van der Waals surface area contributed by atoms with Gasteiger partial charge in [-0.25, -0.2) is 9.07 Å². The summed E-state index contributed by atoms with van der Waals surface area (Å²) in [5.74, 6) is -0.668. The lowest BCUT2D eigenvalue weighted by Gasteiger charge is -2.15. The van der Waals surface area contributed by atoms with Crippen LogP contribution in [0.25, 0.3) is 27.9 Å². The van der Waals surface area contributed by atoms with E-state index in [9.17, 15) is 10.0 Å². The minimum absolute atomic E-state index is 0.0769. The summed E-state index contributed by atoms with van der Waals surface area (Å²) in [5.41, 5.74) is 3.28. The minimum atomic E-state index is -0.668. The predicted octanol–water partition coefficient (Wildman–Crippen LogP) is 2.25. The summed E-state index contributed by atoms with van der Waals surface area (Å²) in [5, 5.41) is 32.8. The number of benzene rings is 1. The Bertz CT molecular complexity index is 1680. The van der Waals surface area contributed by atoms with Crippen LogP contribution in [0.2, 0.25) is 5.02 Å². The quantitative estimate of drug-likeness (QED) is 0.271. The normalized spacial score (nSPS) is 14.8. The molecule has 13 heteroatoms. The molecule has 6 rings (SSSR count). The van der Waals surface area contributed by atoms with Crippen LogP contribution in [0, 0.1) is 11.0 Å². The highest BCUT2D eigenvalue weighted by Gasteiger charge is 2.34. The topological polar surface area (TPSA) is 123 Å². The van der Waals surface area contributed by atoms with Crippen LogP contribution in [0.5, 0.6) is 0 Å². The summed E-state index contributed by atoms with van der Waals surface area (Å²) in [6, 6.07) is 5.97. The lowest BCUT2D eigenvalue weighted by atomic mass is 10.0. The van der Waals surface area contributed by atoms with Crippen molar-refractivity contribution in [3.05, 3.63) is 93.0 Å². The molecule has 36 heavy (non-hydrogen) atoms. The highest BCUT2D eigenvalue weighted by atomic mass is 35.5. The Hall–Kier alpha value is -4.45. The first-order chi connectivity index (χ1) is 17.4. The van der Waals surface area contributed by atoms with Gasteiger partial charge in [0.05, 0.1) is 34.2 Å². The van der Waals surface area contributed by atoms with Crippen LogP contribution < -0.4 is 10.3 Å². The first-order valence-corrected chi connectivity index (χ1v) is 11.3. The van der Waals surface area contributed by atoms with Crippen LogP contribution in [0.15, 0.2) is 60.2 Å². The van der Waals surface area contributed by atoms with Gasteiger partial charge in [0, 0.05) is 36.0 Å². The Labute approximate surface area is 207 Å². The maximum Gasteiger partial charge on any atom is 0.267 e. The van der Waals surface area contributed by atoms with Gasteiger partial charge in [-0.2, -0.15) is 19.6 Å². The molecule has 0 radical (unpaired) electrons. The zero-order valence-electron chi connectivity index (χ0n) is 18.8. The van der Waals surface area contributed by atoms with Gasteiger partial charge in [0.1, 0.15) is 12.4 Å². The first-order valence-electron chi connectivity index (χ1n) is 11.0. The number of fused-ring (bicyclic) bond motifs is 1. The van der Waals surface area contributed by atoms with Crippen LogP contribution in [0.4, 0.5) is 4.39 Å². The molecular formula is C23H17ClFN9O2. The summed E-state index contributed by atoms with van der Waals surface area (Å²) in [7, 11) is 1.58. The fraction of sp³-hybridized carbons (Fsp3) is 0.174. The summed E-state index contributed by atoms with van der Waals surface area (Å²) < 4.78 is 20.2. The van der Waals surface area contributed by atoms with E-state index in [1.165, 1.54) is 34.0 Å². The van der Waals surface area contributed by atoms with E-state index in [-0.39, 0.29) is 22.2 Å². The second kappa shape index (κ2) is 8.34. The van der Waals surface area contributed by atoms with Crippen molar-refractivity contribution >= 4 is 11.6 Å². The van der Waals surface area contributed by atoms with Gasteiger partial charge in [0.25, 0.3) is 5.56 Å². The minimum Gasteiger partial charge on any atom is -0.618 e. The number of pyridine rings is 1. The fourth-order valence-electron chi connectivity index (χ4n) is 4.58. The van der Waals surface area contributed by atoms with Crippen molar-refractivity contribution in [3.63, 3.8) is 0 Å². The first kappa shape index (κ1) is 22.0. The van der Waals surface area contributed by atoms with Crippen molar-refractivity contribution in [2.45, 2.75) is 18.9 Å². The smallest absolute Gasteiger partial charge is 0.267 e. The molecule has 5 aromatic rings. The zero-order valence-corrected chi connectivity index (χ0v) is 19.5. The monoisotopic (exact) mass is 505 g/mol. The lowest BCUT2D eigenvalue weighted by Crippen LogP contribution is -2.34. The average Bonchev–Trinajstić information content (AvgIpc) is 3.63. The molecule has 0 bridgehead atoms. The second-order valence-corrected chi connectivity index (χ2v) is 8.85. The highest BCUT2D eigenvalue weighted by molar-refractivity contribution is 6.31. The number of hydrogen-bond donors (Lipinski definition) is 0. The molecule has 1 aliphatic rings. The highest BCUT2D eigenvalue weighted by Crippen LogP contribution is 2.38. The summed E-state index contributed by atoms with van der Waals surface area (Å²) in [4.78, 5) is 12.0. The maximum absolute atomic E-state index is 15.2. The number of aromatic nitrogens is 9. The van der Waals surface area contributed by atoms with Crippen LogP contribution in [-0.4, -0.2) is 39.8 Å². The number of nitrogens with zero attached hydrogens (tertiary/aromatic N) is 9. The Morgan fingerprint density at radius 3 is 2.78 bits per heavy atom. The molecule has 180 valence electrons. The van der Waals surface area contributed by atoms with Gasteiger partial charge in [0.2, 0.25) is 5.69 Å². The molecule has 0 N–H and O–H groups in total. The Balaban J connectivity index is 1.41. The Morgan fingerprint density at radius 1 is 1.17 bits per heavy atom. The number of hydrogen-bond acceptors (Lipinski definition) is 7. The van der Waals surface area contributed by atoms with Gasteiger partial charge in [0.15, 0.2) is 12.0 Å². The Kier molecular flexibility index (Phi) is 5.11. The van der Waals surface area contributed by atoms with Crippen LogP contribution in [0.1, 0.15) is 23.7 Å². The largest absolute Gasteiger partial charge is 0.618 e. The molecule has 0 aliphatic heterocycles. The van der Waals surface area contributed by atoms with Crippen molar-refractivity contribution in [2.75, 3.05) is 0 Å². The van der Waals surface area contributed by atoms with Gasteiger partial charge in [-0.1, -0.05) is 11.6 Å². The third-order valence-electron chi connectivity index (χ3n) is 6.33. The van der Waals surface area contributed by atoms with Gasteiger partial charge in [-0.3, -0.25) is 9.48 Å². The van der Waals surface area contributed by atoms with Crippen molar-refractivity contribution in [2.24, 2.45) is 7.05 Å². The maximum atomic E-state index is 15.2. The third-order valence-corrected chi connectivity index (χ3v) is 6.63. The molecule has 1 unspecified atom stereocenters. The van der Waals surface area contributed by atoms with E-state index in [1.807, 2.05) is 0 Å². The van der Waals surface area contributed by atoms with Gasteiger partial charge < -0.3 is 5.21 Å². The average molecular weight is 506 g/mol. The molecule has 0 spiro atoms. The molecular weight excluding hydrogens is 489 g/mol. The molecule has 1 aromatic carbocycles. The lowest BCUT2D eigenvalue weighted by molar-refractivity contribution is -0.615. The van der Waals surface area contributed by atoms with Crippen LogP contribution >= 0.6 is 11.6 Å². The molecule has 4 aromatic heterocycles. The molecule has 4 heterocycles. The third kappa shape index (κ3) is 3.53.